The van der Waals surface area contributed by atoms with Crippen LogP contribution < -0.4 is 15.6 Å². The SMILES string of the molecule is COc1ccc(NC(=O)Cn2cc(C(=O)O)ccc2=O)c([N+](=O)[O-])c1. The predicted molar refractivity (Wildman–Crippen MR) is 85.9 cm³/mol. The minimum absolute atomic E-state index is 0.0711. The summed E-state index contributed by atoms with van der Waals surface area (Å²) < 4.78 is 5.79. The number of nitrogens with zero attached hydrogens (tertiary/aromatic N) is 2. The van der Waals surface area contributed by atoms with E-state index in [0.717, 1.165) is 29.0 Å². The second kappa shape index (κ2) is 7.25. The van der Waals surface area contributed by atoms with Gasteiger partial charge in [0.2, 0.25) is 5.91 Å². The minimum atomic E-state index is -1.25. The molecule has 0 atom stereocenters. The lowest BCUT2D eigenvalue weighted by Crippen LogP contribution is -2.27. The summed E-state index contributed by atoms with van der Waals surface area (Å²) in [5.41, 5.74) is -1.19. The maximum atomic E-state index is 12.1. The second-order valence-electron chi connectivity index (χ2n) is 4.88. The van der Waals surface area contributed by atoms with Crippen molar-refractivity contribution >= 4 is 23.3 Å². The van der Waals surface area contributed by atoms with E-state index in [1.54, 1.807) is 0 Å². The molecule has 0 spiro atoms. The molecule has 0 radical (unpaired) electrons. The van der Waals surface area contributed by atoms with Crippen LogP contribution in [0, 0.1) is 10.1 Å². The van der Waals surface area contributed by atoms with Gasteiger partial charge in [-0.05, 0) is 18.2 Å². The largest absolute Gasteiger partial charge is 0.496 e. The molecule has 10 heteroatoms. The van der Waals surface area contributed by atoms with Crippen LogP contribution in [0.2, 0.25) is 0 Å². The fraction of sp³-hybridized carbons (Fsp3) is 0.133. The molecule has 2 rings (SSSR count). The Morgan fingerprint density at radius 2 is 2.04 bits per heavy atom. The molecule has 25 heavy (non-hydrogen) atoms. The summed E-state index contributed by atoms with van der Waals surface area (Å²) in [5.74, 6) is -1.73. The fourth-order valence-corrected chi connectivity index (χ4v) is 2.02. The predicted octanol–water partition coefficient (Wildman–Crippen LogP) is 1.10. The van der Waals surface area contributed by atoms with Gasteiger partial charge in [-0.15, -0.1) is 0 Å². The van der Waals surface area contributed by atoms with Gasteiger partial charge >= 0.3 is 5.97 Å². The first kappa shape index (κ1) is 17.7. The lowest BCUT2D eigenvalue weighted by molar-refractivity contribution is -0.384. The Morgan fingerprint density at radius 3 is 2.64 bits per heavy atom. The van der Waals surface area contributed by atoms with Crippen LogP contribution in [-0.2, 0) is 11.3 Å². The first-order chi connectivity index (χ1) is 11.8. The van der Waals surface area contributed by atoms with Crippen molar-refractivity contribution in [1.82, 2.24) is 4.57 Å². The molecule has 0 fully saturated rings. The van der Waals surface area contributed by atoms with Crippen molar-refractivity contribution in [1.29, 1.82) is 0 Å². The smallest absolute Gasteiger partial charge is 0.337 e. The number of aromatic carboxylic acids is 1. The average Bonchev–Trinajstić information content (AvgIpc) is 2.56. The molecule has 0 saturated heterocycles. The van der Waals surface area contributed by atoms with Crippen molar-refractivity contribution < 1.29 is 24.4 Å². The number of carboxylic acids is 1. The molecule has 0 saturated carbocycles. The average molecular weight is 347 g/mol. The van der Waals surface area contributed by atoms with Crippen LogP contribution in [-0.4, -0.2) is 33.6 Å². The number of carboxylic acid groups (broad SMARTS) is 1. The van der Waals surface area contributed by atoms with Crippen LogP contribution in [0.15, 0.2) is 41.3 Å². The first-order valence-corrected chi connectivity index (χ1v) is 6.88. The Balaban J connectivity index is 2.24. The lowest BCUT2D eigenvalue weighted by atomic mass is 10.2. The van der Waals surface area contributed by atoms with Crippen LogP contribution in [0.25, 0.3) is 0 Å². The molecule has 0 aliphatic rings. The summed E-state index contributed by atoms with van der Waals surface area (Å²) in [4.78, 5) is 45.1. The number of hydrogen-bond donors (Lipinski definition) is 2. The van der Waals surface area contributed by atoms with Gasteiger partial charge in [-0.25, -0.2) is 4.79 Å². The number of nitro benzene ring substituents is 1. The van der Waals surface area contributed by atoms with Gasteiger partial charge in [-0.2, -0.15) is 0 Å². The number of rotatable bonds is 6. The van der Waals surface area contributed by atoms with Gasteiger partial charge in [0, 0.05) is 12.3 Å². The lowest BCUT2D eigenvalue weighted by Gasteiger charge is -2.09. The molecule has 1 heterocycles. The molecule has 0 unspecified atom stereocenters. The number of benzene rings is 1. The third-order valence-electron chi connectivity index (χ3n) is 3.22. The third kappa shape index (κ3) is 4.19. The molecule has 0 aliphatic carbocycles. The summed E-state index contributed by atoms with van der Waals surface area (Å²) in [6.45, 7) is -0.497. The maximum absolute atomic E-state index is 12.1. The van der Waals surface area contributed by atoms with Gasteiger partial charge in [0.05, 0.1) is 23.7 Å². The van der Waals surface area contributed by atoms with Gasteiger partial charge in [-0.1, -0.05) is 0 Å². The molecule has 0 bridgehead atoms. The van der Waals surface area contributed by atoms with Gasteiger partial charge < -0.3 is 19.7 Å². The van der Waals surface area contributed by atoms with Crippen molar-refractivity contribution in [3.05, 3.63) is 62.6 Å². The number of methoxy groups -OCH3 is 1. The Kier molecular flexibility index (Phi) is 5.12. The van der Waals surface area contributed by atoms with Crippen molar-refractivity contribution in [2.75, 3.05) is 12.4 Å². The van der Waals surface area contributed by atoms with Crippen LogP contribution in [0.3, 0.4) is 0 Å². The Labute approximate surface area is 140 Å². The topological polar surface area (TPSA) is 141 Å². The molecular weight excluding hydrogens is 334 g/mol. The van der Waals surface area contributed by atoms with E-state index in [4.69, 9.17) is 9.84 Å². The summed E-state index contributed by atoms with van der Waals surface area (Å²) >= 11 is 0. The highest BCUT2D eigenvalue weighted by Gasteiger charge is 2.18. The number of amides is 1. The highest BCUT2D eigenvalue weighted by molar-refractivity contribution is 5.93. The summed E-state index contributed by atoms with van der Waals surface area (Å²) in [6.07, 6.45) is 1.02. The highest BCUT2D eigenvalue weighted by atomic mass is 16.6. The van der Waals surface area contributed by atoms with E-state index < -0.39 is 28.9 Å². The van der Waals surface area contributed by atoms with Crippen molar-refractivity contribution in [3.8, 4) is 5.75 Å². The number of nitro groups is 1. The minimum Gasteiger partial charge on any atom is -0.496 e. The molecule has 10 nitrogen and oxygen atoms in total. The van der Waals surface area contributed by atoms with Crippen LogP contribution in [0.1, 0.15) is 10.4 Å². The molecule has 1 amide bonds. The van der Waals surface area contributed by atoms with Gasteiger partial charge in [0.1, 0.15) is 18.0 Å². The van der Waals surface area contributed by atoms with E-state index in [1.165, 1.54) is 19.2 Å². The van der Waals surface area contributed by atoms with Crippen molar-refractivity contribution in [2.24, 2.45) is 0 Å². The number of anilines is 1. The number of carbonyl (C=O) groups excluding carboxylic acids is 1. The fourth-order valence-electron chi connectivity index (χ4n) is 2.02. The van der Waals surface area contributed by atoms with E-state index in [2.05, 4.69) is 5.32 Å². The van der Waals surface area contributed by atoms with Crippen molar-refractivity contribution in [3.63, 3.8) is 0 Å². The highest BCUT2D eigenvalue weighted by Crippen LogP contribution is 2.28. The zero-order chi connectivity index (χ0) is 18.6. The third-order valence-corrected chi connectivity index (χ3v) is 3.22. The molecule has 0 aliphatic heterocycles. The number of aromatic nitrogens is 1. The van der Waals surface area contributed by atoms with Crippen molar-refractivity contribution in [2.45, 2.75) is 6.54 Å². The maximum Gasteiger partial charge on any atom is 0.337 e. The van der Waals surface area contributed by atoms with E-state index in [9.17, 15) is 24.5 Å². The molecule has 2 N–H and O–H groups in total. The Hall–Kier alpha value is -3.69. The number of carbonyl (C=O) groups is 2. The standard InChI is InChI=1S/C15H13N3O7/c1-25-10-3-4-11(12(6-10)18(23)24)16-13(19)8-17-7-9(15(21)22)2-5-14(17)20/h2-7H,8H2,1H3,(H,16,19)(H,21,22). The van der Waals surface area contributed by atoms with Crippen LogP contribution in [0.4, 0.5) is 11.4 Å². The number of nitrogens with one attached hydrogen (secondary N) is 1. The molecule has 1 aromatic carbocycles. The van der Waals surface area contributed by atoms with E-state index in [0.29, 0.717) is 0 Å². The molecule has 1 aromatic heterocycles. The van der Waals surface area contributed by atoms with Gasteiger partial charge in [0.25, 0.3) is 11.2 Å². The first-order valence-electron chi connectivity index (χ1n) is 6.88. The molecule has 2 aromatic rings. The Morgan fingerprint density at radius 1 is 1.32 bits per heavy atom. The summed E-state index contributed by atoms with van der Waals surface area (Å²) in [5, 5.41) is 22.3. The monoisotopic (exact) mass is 347 g/mol. The van der Waals surface area contributed by atoms with Gasteiger partial charge in [0.15, 0.2) is 0 Å². The number of hydrogen-bond acceptors (Lipinski definition) is 6. The number of ether oxygens (including phenoxy) is 1. The van der Waals surface area contributed by atoms with E-state index >= 15 is 0 Å². The van der Waals surface area contributed by atoms with Gasteiger partial charge in [-0.3, -0.25) is 19.7 Å². The second-order valence-corrected chi connectivity index (χ2v) is 4.88. The van der Waals surface area contributed by atoms with Crippen LogP contribution >= 0.6 is 0 Å². The quantitative estimate of drug-likeness (QED) is 0.589. The molecular formula is C15H13N3O7. The zero-order valence-corrected chi connectivity index (χ0v) is 13.0. The number of pyridine rings is 1. The van der Waals surface area contributed by atoms with E-state index in [-0.39, 0.29) is 22.7 Å². The van der Waals surface area contributed by atoms with E-state index in [1.807, 2.05) is 0 Å². The summed E-state index contributed by atoms with van der Waals surface area (Å²) in [6, 6.07) is 6.01. The summed E-state index contributed by atoms with van der Waals surface area (Å²) in [7, 11) is 1.35. The van der Waals surface area contributed by atoms with Crippen LogP contribution in [0.5, 0.6) is 5.75 Å². The zero-order valence-electron chi connectivity index (χ0n) is 13.0. The molecule has 130 valence electrons. The Bertz CT molecular complexity index is 904. The normalized spacial score (nSPS) is 10.1.